The van der Waals surface area contributed by atoms with E-state index in [2.05, 4.69) is 17.8 Å². The van der Waals surface area contributed by atoms with Gasteiger partial charge >= 0.3 is 11.9 Å². The van der Waals surface area contributed by atoms with E-state index in [1.54, 1.807) is 24.3 Å². The first-order valence-electron chi connectivity index (χ1n) is 14.6. The summed E-state index contributed by atoms with van der Waals surface area (Å²) in [7, 11) is 0. The Kier molecular flexibility index (Phi) is 12.5. The van der Waals surface area contributed by atoms with Crippen molar-refractivity contribution in [3.63, 3.8) is 0 Å². The fourth-order valence-corrected chi connectivity index (χ4v) is 5.69. The van der Waals surface area contributed by atoms with Crippen LogP contribution in [0, 0.1) is 33.8 Å². The summed E-state index contributed by atoms with van der Waals surface area (Å²) in [5.41, 5.74) is 1.99. The van der Waals surface area contributed by atoms with Crippen LogP contribution in [0.5, 0.6) is 0 Å². The highest BCUT2D eigenvalue weighted by molar-refractivity contribution is 5.72. The Labute approximate surface area is 246 Å². The maximum atomic E-state index is 12.6. The topological polar surface area (TPSA) is 166 Å². The first kappa shape index (κ1) is 33.2. The van der Waals surface area contributed by atoms with Crippen molar-refractivity contribution in [2.24, 2.45) is 23.7 Å². The van der Waals surface area contributed by atoms with Crippen LogP contribution in [-0.4, -0.2) is 56.8 Å². The normalized spacial score (nSPS) is 25.4. The molecule has 11 heteroatoms. The van der Waals surface area contributed by atoms with E-state index in [1.165, 1.54) is 0 Å². The molecule has 0 fully saturated rings. The molecule has 0 aromatic heterocycles. The predicted molar refractivity (Wildman–Crippen MR) is 152 cm³/mol. The van der Waals surface area contributed by atoms with Crippen molar-refractivity contribution in [2.75, 3.05) is 0 Å². The number of carbonyl (C=O) groups excluding carboxylic acids is 2. The fraction of sp³-hybridized carbons (Fsp3) is 0.613. The number of esters is 2. The third kappa shape index (κ3) is 9.64. The molecule has 2 aliphatic rings. The summed E-state index contributed by atoms with van der Waals surface area (Å²) in [5, 5.41) is 41.1. The maximum Gasteiger partial charge on any atom is 0.308 e. The average Bonchev–Trinajstić information content (AvgIpc) is 2.94. The number of ether oxygens (including phenoxy) is 2. The standard InChI is InChI=1S/C31H43NO10/c1-4-19(2)31(37)42-28-15-25(34)13-21-10-9-20(3)27(30(21)28)12-11-24(33)14-26(35)16-29(36)40-17-22-7-5-6-8-23(22)18-41-32(38)39/h5-10,13,19-20,24-28,30,33-35H,4,11-12,14-18H2,1-3H3/t19-,20-,24+,25+,26+,27-,28-,30-/m0/s1. The van der Waals surface area contributed by atoms with Crippen LogP contribution in [0.15, 0.2) is 48.1 Å². The Morgan fingerprint density at radius 1 is 1.14 bits per heavy atom. The third-order valence-electron chi connectivity index (χ3n) is 8.27. The Bertz CT molecular complexity index is 1130. The number of carbonyl (C=O) groups is 2. The van der Waals surface area contributed by atoms with E-state index >= 15 is 0 Å². The summed E-state index contributed by atoms with van der Waals surface area (Å²) < 4.78 is 11.2. The van der Waals surface area contributed by atoms with Gasteiger partial charge in [0.15, 0.2) is 0 Å². The van der Waals surface area contributed by atoms with Gasteiger partial charge in [0.2, 0.25) is 0 Å². The van der Waals surface area contributed by atoms with Crippen molar-refractivity contribution in [2.45, 2.75) is 96.9 Å². The van der Waals surface area contributed by atoms with Crippen LogP contribution >= 0.6 is 0 Å². The second-order valence-electron chi connectivity index (χ2n) is 11.4. The van der Waals surface area contributed by atoms with E-state index in [-0.39, 0.29) is 55.7 Å². The lowest BCUT2D eigenvalue weighted by molar-refractivity contribution is -0.763. The first-order chi connectivity index (χ1) is 20.0. The zero-order chi connectivity index (χ0) is 30.8. The van der Waals surface area contributed by atoms with Gasteiger partial charge in [-0.2, -0.15) is 0 Å². The minimum atomic E-state index is -1.12. The lowest BCUT2D eigenvalue weighted by Crippen LogP contribution is -2.43. The van der Waals surface area contributed by atoms with Crippen LogP contribution < -0.4 is 0 Å². The van der Waals surface area contributed by atoms with Crippen molar-refractivity contribution in [1.82, 2.24) is 0 Å². The molecule has 1 aromatic rings. The number of hydrogen-bond acceptors (Lipinski definition) is 10. The highest BCUT2D eigenvalue weighted by atomic mass is 16.9. The van der Waals surface area contributed by atoms with Crippen molar-refractivity contribution in [3.05, 3.63) is 69.3 Å². The van der Waals surface area contributed by atoms with Crippen LogP contribution in [0.1, 0.15) is 70.4 Å². The highest BCUT2D eigenvalue weighted by Crippen LogP contribution is 2.44. The Balaban J connectivity index is 1.51. The van der Waals surface area contributed by atoms with Gasteiger partial charge < -0.3 is 29.6 Å². The predicted octanol–water partition coefficient (Wildman–Crippen LogP) is 3.81. The monoisotopic (exact) mass is 589 g/mol. The van der Waals surface area contributed by atoms with E-state index in [0.717, 1.165) is 5.57 Å². The number of rotatable bonds is 15. The van der Waals surface area contributed by atoms with E-state index in [9.17, 15) is 35.0 Å². The molecule has 0 bridgehead atoms. The van der Waals surface area contributed by atoms with Gasteiger partial charge in [-0.3, -0.25) is 9.59 Å². The minimum Gasteiger partial charge on any atom is -0.461 e. The highest BCUT2D eigenvalue weighted by Gasteiger charge is 2.42. The van der Waals surface area contributed by atoms with Gasteiger partial charge in [0, 0.05) is 12.3 Å². The van der Waals surface area contributed by atoms with Gasteiger partial charge in [-0.25, -0.2) is 0 Å². The molecule has 2 aliphatic carbocycles. The van der Waals surface area contributed by atoms with Crippen LogP contribution in [0.3, 0.4) is 0 Å². The van der Waals surface area contributed by atoms with Crippen LogP contribution in [-0.2, 0) is 37.1 Å². The molecule has 8 atom stereocenters. The molecule has 0 heterocycles. The van der Waals surface area contributed by atoms with E-state index in [1.807, 2.05) is 26.0 Å². The van der Waals surface area contributed by atoms with Gasteiger partial charge in [0.05, 0.1) is 30.7 Å². The quantitative estimate of drug-likeness (QED) is 0.156. The number of allylic oxidation sites excluding steroid dienone is 2. The zero-order valence-corrected chi connectivity index (χ0v) is 24.5. The molecule has 0 aliphatic heterocycles. The fourth-order valence-electron chi connectivity index (χ4n) is 5.69. The number of hydrogen-bond donors (Lipinski definition) is 3. The Morgan fingerprint density at radius 3 is 2.50 bits per heavy atom. The van der Waals surface area contributed by atoms with Gasteiger partial charge in [-0.15, -0.1) is 10.1 Å². The Hall–Kier alpha value is -3.28. The largest absolute Gasteiger partial charge is 0.461 e. The molecule has 3 N–H and O–H groups in total. The van der Waals surface area contributed by atoms with Crippen molar-refractivity contribution < 1.29 is 44.3 Å². The molecule has 0 saturated heterocycles. The van der Waals surface area contributed by atoms with E-state index < -0.39 is 35.5 Å². The SMILES string of the molecule is CC[C@H](C)C(=O)O[C@H]1C[C@H](O)C=C2C=C[C@H](C)[C@H](CC[C@@H](O)C[C@@H](O)CC(=O)OCc3ccccc3CO[N+](=O)[O-])[C@H]21. The third-order valence-corrected chi connectivity index (χ3v) is 8.27. The molecule has 1 aromatic carbocycles. The summed E-state index contributed by atoms with van der Waals surface area (Å²) in [6, 6.07) is 6.69. The maximum absolute atomic E-state index is 12.6. The summed E-state index contributed by atoms with van der Waals surface area (Å²) in [6.45, 7) is 5.42. The number of benzene rings is 1. The number of aliphatic hydroxyl groups excluding tert-OH is 3. The molecule has 3 rings (SSSR count). The second-order valence-corrected chi connectivity index (χ2v) is 11.4. The van der Waals surface area contributed by atoms with Crippen LogP contribution in [0.2, 0.25) is 0 Å². The number of fused-ring (bicyclic) bond motifs is 1. The van der Waals surface area contributed by atoms with Gasteiger partial charge in [0.25, 0.3) is 5.09 Å². The van der Waals surface area contributed by atoms with Crippen LogP contribution in [0.4, 0.5) is 0 Å². The minimum absolute atomic E-state index is 0.0161. The molecule has 0 saturated carbocycles. The van der Waals surface area contributed by atoms with Crippen molar-refractivity contribution >= 4 is 11.9 Å². The first-order valence-corrected chi connectivity index (χ1v) is 14.6. The van der Waals surface area contributed by atoms with Crippen LogP contribution in [0.25, 0.3) is 0 Å². The molecule has 0 amide bonds. The lowest BCUT2D eigenvalue weighted by atomic mass is 9.66. The van der Waals surface area contributed by atoms with E-state index in [4.69, 9.17) is 9.47 Å². The summed E-state index contributed by atoms with van der Waals surface area (Å²) in [4.78, 5) is 39.8. The smallest absolute Gasteiger partial charge is 0.308 e. The van der Waals surface area contributed by atoms with Gasteiger partial charge in [0.1, 0.15) is 19.3 Å². The molecule has 0 unspecified atom stereocenters. The number of nitrogens with zero attached hydrogens (tertiary/aromatic N) is 1. The molecule has 42 heavy (non-hydrogen) atoms. The van der Waals surface area contributed by atoms with E-state index in [0.29, 0.717) is 36.8 Å². The van der Waals surface area contributed by atoms with Crippen molar-refractivity contribution in [1.29, 1.82) is 0 Å². The summed E-state index contributed by atoms with van der Waals surface area (Å²) >= 11 is 0. The molecule has 0 spiro atoms. The molecule has 232 valence electrons. The van der Waals surface area contributed by atoms with Crippen molar-refractivity contribution in [3.8, 4) is 0 Å². The van der Waals surface area contributed by atoms with Gasteiger partial charge in [-0.05, 0) is 54.2 Å². The number of aliphatic hydroxyl groups is 3. The Morgan fingerprint density at radius 2 is 1.83 bits per heavy atom. The molecule has 0 radical (unpaired) electrons. The summed E-state index contributed by atoms with van der Waals surface area (Å²) in [6.07, 6.45) is 4.34. The second kappa shape index (κ2) is 15.8. The van der Waals surface area contributed by atoms with Gasteiger partial charge in [-0.1, -0.05) is 63.3 Å². The molecular weight excluding hydrogens is 546 g/mol. The molecule has 11 nitrogen and oxygen atoms in total. The average molecular weight is 590 g/mol. The lowest BCUT2D eigenvalue weighted by Gasteiger charge is -2.43. The summed E-state index contributed by atoms with van der Waals surface area (Å²) in [5.74, 6) is -1.07. The zero-order valence-electron chi connectivity index (χ0n) is 24.5. The molecular formula is C31H43NO10.